The molecular formula is C38H36N2O7S. The van der Waals surface area contributed by atoms with Crippen LogP contribution in [0.1, 0.15) is 47.8 Å². The lowest BCUT2D eigenvalue weighted by Gasteiger charge is -2.52. The summed E-state index contributed by atoms with van der Waals surface area (Å²) in [5, 5.41) is 13.6. The Morgan fingerprint density at radius 1 is 0.792 bits per heavy atom. The fourth-order valence-electron chi connectivity index (χ4n) is 5.98. The second-order valence-electron chi connectivity index (χ2n) is 11.9. The zero-order valence-corrected chi connectivity index (χ0v) is 27.1. The highest BCUT2D eigenvalue weighted by atomic mass is 32.2. The molecule has 9 nitrogen and oxygen atoms in total. The monoisotopic (exact) mass is 664 g/mol. The van der Waals surface area contributed by atoms with Gasteiger partial charge in [-0.2, -0.15) is 0 Å². The normalized spacial score (nSPS) is 20.8. The van der Waals surface area contributed by atoms with Crippen LogP contribution in [0.4, 0.5) is 0 Å². The van der Waals surface area contributed by atoms with E-state index in [1.165, 1.54) is 16.7 Å². The Hall–Kier alpha value is -4.93. The number of ether oxygens (including phenoxy) is 2. The van der Waals surface area contributed by atoms with E-state index in [9.17, 15) is 24.3 Å². The van der Waals surface area contributed by atoms with Gasteiger partial charge in [-0.3, -0.25) is 14.4 Å². The van der Waals surface area contributed by atoms with Crippen molar-refractivity contribution in [1.82, 2.24) is 10.2 Å². The Balaban J connectivity index is 1.09. The Morgan fingerprint density at radius 3 is 1.67 bits per heavy atom. The lowest BCUT2D eigenvalue weighted by Crippen LogP contribution is -2.75. The summed E-state index contributed by atoms with van der Waals surface area (Å²) in [6, 6.07) is 36.1. The van der Waals surface area contributed by atoms with Crippen molar-refractivity contribution in [2.45, 2.75) is 42.6 Å². The average Bonchev–Trinajstić information content (AvgIpc) is 3.13. The first-order chi connectivity index (χ1) is 23.3. The van der Waals surface area contributed by atoms with Gasteiger partial charge in [0.2, 0.25) is 11.8 Å². The van der Waals surface area contributed by atoms with Crippen molar-refractivity contribution in [3.8, 4) is 0 Å². The van der Waals surface area contributed by atoms with Crippen LogP contribution in [0.3, 0.4) is 0 Å². The highest BCUT2D eigenvalue weighted by Crippen LogP contribution is 2.40. The van der Waals surface area contributed by atoms with E-state index in [4.69, 9.17) is 9.47 Å². The van der Waals surface area contributed by atoms with Gasteiger partial charge in [-0.15, -0.1) is 11.8 Å². The summed E-state index contributed by atoms with van der Waals surface area (Å²) in [5.74, 6) is -3.80. The van der Waals surface area contributed by atoms with E-state index in [1.54, 1.807) is 6.92 Å². The second-order valence-corrected chi connectivity index (χ2v) is 13.0. The molecule has 48 heavy (non-hydrogen) atoms. The Kier molecular flexibility index (Phi) is 9.93. The van der Waals surface area contributed by atoms with Gasteiger partial charge in [0.05, 0.1) is 6.54 Å². The smallest absolute Gasteiger partial charge is 0.341 e. The molecule has 2 aliphatic heterocycles. The number of fused-ring (bicyclic) bond motifs is 1. The van der Waals surface area contributed by atoms with Gasteiger partial charge in [-0.05, 0) is 28.7 Å². The van der Waals surface area contributed by atoms with Gasteiger partial charge < -0.3 is 24.8 Å². The lowest BCUT2D eigenvalue weighted by molar-refractivity contribution is -0.175. The summed E-state index contributed by atoms with van der Waals surface area (Å²) in [6.45, 7) is 1.43. The molecule has 2 N–H and O–H groups in total. The van der Waals surface area contributed by atoms with E-state index in [0.717, 1.165) is 22.3 Å². The first-order valence-electron chi connectivity index (χ1n) is 15.9. The minimum Gasteiger partial charge on any atom is -0.452 e. The number of hydrogen-bond acceptors (Lipinski definition) is 8. The maximum Gasteiger partial charge on any atom is 0.341 e. The molecule has 4 aromatic rings. The SMILES string of the molecule is CCC(C(=O)NC1C(=O)N2CC(O)(C(=O)OC(c3ccccc3)c3ccccc3)CS[C@H]12)C(=O)OC(c1ccccc1)c1ccccc1. The summed E-state index contributed by atoms with van der Waals surface area (Å²) in [6.07, 6.45) is -1.30. The van der Waals surface area contributed by atoms with Crippen LogP contribution in [0.25, 0.3) is 0 Å². The Labute approximate surface area is 283 Å². The number of rotatable bonds is 11. The number of carbonyl (C=O) groups excluding carboxylic acids is 4. The predicted molar refractivity (Wildman–Crippen MR) is 180 cm³/mol. The molecule has 10 heteroatoms. The number of benzene rings is 4. The van der Waals surface area contributed by atoms with Crippen LogP contribution < -0.4 is 5.32 Å². The van der Waals surface area contributed by atoms with E-state index in [-0.39, 0.29) is 18.7 Å². The molecular weight excluding hydrogens is 628 g/mol. The van der Waals surface area contributed by atoms with Crippen molar-refractivity contribution in [1.29, 1.82) is 0 Å². The quantitative estimate of drug-likeness (QED) is 0.133. The van der Waals surface area contributed by atoms with E-state index in [1.807, 2.05) is 121 Å². The number of amides is 2. The maximum atomic E-state index is 13.5. The van der Waals surface area contributed by atoms with Crippen molar-refractivity contribution in [2.24, 2.45) is 5.92 Å². The van der Waals surface area contributed by atoms with Crippen molar-refractivity contribution in [3.63, 3.8) is 0 Å². The molecule has 0 bridgehead atoms. The minimum atomic E-state index is -1.95. The van der Waals surface area contributed by atoms with Gasteiger partial charge in [-0.25, -0.2) is 4.79 Å². The molecule has 0 saturated carbocycles. The molecule has 6 rings (SSSR count). The van der Waals surface area contributed by atoms with Crippen molar-refractivity contribution in [2.75, 3.05) is 12.3 Å². The van der Waals surface area contributed by atoms with Gasteiger partial charge in [0, 0.05) is 5.75 Å². The molecule has 4 atom stereocenters. The largest absolute Gasteiger partial charge is 0.452 e. The topological polar surface area (TPSA) is 122 Å². The number of nitrogens with one attached hydrogen (secondary N) is 1. The van der Waals surface area contributed by atoms with Crippen LogP contribution >= 0.6 is 11.8 Å². The highest BCUT2D eigenvalue weighted by molar-refractivity contribution is 8.00. The van der Waals surface area contributed by atoms with Gasteiger partial charge in [0.25, 0.3) is 0 Å². The van der Waals surface area contributed by atoms with E-state index >= 15 is 0 Å². The molecule has 0 aliphatic carbocycles. The summed E-state index contributed by atoms with van der Waals surface area (Å²) in [5.41, 5.74) is 1.06. The number of β-lactam (4-membered cyclic amide) rings is 1. The summed E-state index contributed by atoms with van der Waals surface area (Å²) in [7, 11) is 0. The average molecular weight is 665 g/mol. The van der Waals surface area contributed by atoms with Gasteiger partial charge in [0.1, 0.15) is 17.3 Å². The third-order valence-electron chi connectivity index (χ3n) is 8.62. The van der Waals surface area contributed by atoms with E-state index in [2.05, 4.69) is 5.32 Å². The van der Waals surface area contributed by atoms with Crippen molar-refractivity contribution < 1.29 is 33.8 Å². The third-order valence-corrected chi connectivity index (χ3v) is 10.1. The molecule has 4 aromatic carbocycles. The molecule has 0 radical (unpaired) electrons. The molecule has 246 valence electrons. The summed E-state index contributed by atoms with van der Waals surface area (Å²) in [4.78, 5) is 54.9. The number of hydrogen-bond donors (Lipinski definition) is 2. The van der Waals surface area contributed by atoms with Gasteiger partial charge in [-0.1, -0.05) is 128 Å². The lowest BCUT2D eigenvalue weighted by atomic mass is 9.97. The molecule has 3 unspecified atom stereocenters. The van der Waals surface area contributed by atoms with Crippen LogP contribution in [0.5, 0.6) is 0 Å². The van der Waals surface area contributed by atoms with Crippen LogP contribution in [-0.2, 0) is 28.7 Å². The fourth-order valence-corrected chi connectivity index (χ4v) is 7.37. The van der Waals surface area contributed by atoms with E-state index < -0.39 is 58.9 Å². The first-order valence-corrected chi connectivity index (χ1v) is 16.9. The van der Waals surface area contributed by atoms with Crippen molar-refractivity contribution >= 4 is 35.5 Å². The molecule has 2 fully saturated rings. The molecule has 2 saturated heterocycles. The molecule has 2 heterocycles. The second kappa shape index (κ2) is 14.5. The fraction of sp³-hybridized carbons (Fsp3) is 0.263. The Bertz CT molecular complexity index is 1660. The predicted octanol–water partition coefficient (Wildman–Crippen LogP) is 4.81. The molecule has 0 aromatic heterocycles. The minimum absolute atomic E-state index is 0.0436. The van der Waals surface area contributed by atoms with Crippen molar-refractivity contribution in [3.05, 3.63) is 144 Å². The van der Waals surface area contributed by atoms with Crippen LogP contribution in [0.15, 0.2) is 121 Å². The summed E-state index contributed by atoms with van der Waals surface area (Å²) >= 11 is 1.18. The van der Waals surface area contributed by atoms with Gasteiger partial charge >= 0.3 is 11.9 Å². The number of nitrogens with zero attached hydrogens (tertiary/aromatic N) is 1. The van der Waals surface area contributed by atoms with E-state index in [0.29, 0.717) is 0 Å². The maximum absolute atomic E-state index is 13.5. The number of aliphatic hydroxyl groups is 1. The standard InChI is InChI=1S/C38H36N2O7S/c1-2-29(36(43)46-31(25-15-7-3-8-16-25)26-17-9-4-10-18-26)33(41)39-30-34(42)40-23-38(45,24-48-35(30)40)37(44)47-32(27-19-11-5-12-20-27)28-21-13-6-14-22-28/h3-22,29-32,35,45H,2,23-24H2,1H3,(H,39,41)/t29?,30?,35-,38?/m1/s1. The molecule has 2 aliphatic rings. The number of thioether (sulfide) groups is 1. The summed E-state index contributed by atoms with van der Waals surface area (Å²) < 4.78 is 11.8. The Morgan fingerprint density at radius 2 is 1.23 bits per heavy atom. The molecule has 0 spiro atoms. The first kappa shape index (κ1) is 33.0. The van der Waals surface area contributed by atoms with Crippen LogP contribution in [-0.4, -0.2) is 63.1 Å². The zero-order valence-electron chi connectivity index (χ0n) is 26.3. The van der Waals surface area contributed by atoms with Gasteiger partial charge in [0.15, 0.2) is 17.8 Å². The zero-order chi connectivity index (χ0) is 33.7. The highest BCUT2D eigenvalue weighted by Gasteiger charge is 2.58. The number of esters is 2. The third kappa shape index (κ3) is 6.86. The number of carbonyl (C=O) groups is 4. The van der Waals surface area contributed by atoms with Crippen LogP contribution in [0, 0.1) is 5.92 Å². The van der Waals surface area contributed by atoms with Crippen LogP contribution in [0.2, 0.25) is 0 Å². The molecule has 2 amide bonds.